The van der Waals surface area contributed by atoms with Crippen molar-refractivity contribution in [3.05, 3.63) is 11.6 Å². The highest BCUT2D eigenvalue weighted by atomic mass is 16.5. The van der Waals surface area contributed by atoms with Crippen molar-refractivity contribution < 1.29 is 14.3 Å². The van der Waals surface area contributed by atoms with Crippen LogP contribution < -0.4 is 5.32 Å². The van der Waals surface area contributed by atoms with E-state index in [0.717, 1.165) is 5.57 Å². The normalized spacial score (nSPS) is 23.7. The van der Waals surface area contributed by atoms with E-state index >= 15 is 0 Å². The van der Waals surface area contributed by atoms with Gasteiger partial charge in [-0.05, 0) is 26.7 Å². The second-order valence-corrected chi connectivity index (χ2v) is 4.12. The van der Waals surface area contributed by atoms with Crippen LogP contribution >= 0.6 is 0 Å². The van der Waals surface area contributed by atoms with Crippen LogP contribution in [0.1, 0.15) is 26.7 Å². The van der Waals surface area contributed by atoms with E-state index in [1.54, 1.807) is 6.08 Å². The first-order chi connectivity index (χ1) is 7.02. The minimum Gasteiger partial charge on any atom is -0.469 e. The van der Waals surface area contributed by atoms with E-state index in [0.29, 0.717) is 12.8 Å². The van der Waals surface area contributed by atoms with Crippen LogP contribution in [-0.4, -0.2) is 25.0 Å². The highest BCUT2D eigenvalue weighted by molar-refractivity contribution is 5.88. The number of carbonyl (C=O) groups excluding carboxylic acids is 2. The molecule has 1 amide bonds. The van der Waals surface area contributed by atoms with E-state index < -0.39 is 0 Å². The van der Waals surface area contributed by atoms with Gasteiger partial charge in [-0.3, -0.25) is 9.59 Å². The molecule has 0 aromatic rings. The first-order valence-corrected chi connectivity index (χ1v) is 5.06. The van der Waals surface area contributed by atoms with E-state index in [9.17, 15) is 9.59 Å². The Hall–Kier alpha value is -1.32. The maximum absolute atomic E-state index is 11.3. The summed E-state index contributed by atoms with van der Waals surface area (Å²) in [7, 11) is 1.39. The zero-order valence-corrected chi connectivity index (χ0v) is 9.37. The van der Waals surface area contributed by atoms with Crippen LogP contribution in [0.15, 0.2) is 11.6 Å². The Balaban J connectivity index is 2.26. The van der Waals surface area contributed by atoms with Crippen molar-refractivity contribution in [1.82, 2.24) is 5.32 Å². The molecule has 0 saturated heterocycles. The second-order valence-electron chi connectivity index (χ2n) is 4.12. The smallest absolute Gasteiger partial charge is 0.308 e. The molecule has 0 spiro atoms. The van der Waals surface area contributed by atoms with E-state index in [1.165, 1.54) is 7.11 Å². The summed E-state index contributed by atoms with van der Waals surface area (Å²) in [5.74, 6) is -0.293. The number of methoxy groups -OCH3 is 1. The van der Waals surface area contributed by atoms with Crippen molar-refractivity contribution in [2.45, 2.75) is 32.7 Å². The fourth-order valence-electron chi connectivity index (χ4n) is 1.60. The van der Waals surface area contributed by atoms with Gasteiger partial charge in [0.2, 0.25) is 5.91 Å². The molecule has 1 N–H and O–H groups in total. The monoisotopic (exact) mass is 211 g/mol. The number of hydrogen-bond acceptors (Lipinski definition) is 3. The topological polar surface area (TPSA) is 55.4 Å². The average Bonchev–Trinajstić information content (AvgIpc) is 2.08. The Bertz CT molecular complexity index is 286. The van der Waals surface area contributed by atoms with Crippen LogP contribution in [0.25, 0.3) is 0 Å². The van der Waals surface area contributed by atoms with Gasteiger partial charge in [-0.1, -0.05) is 5.57 Å². The molecule has 1 rings (SSSR count). The molecule has 0 aromatic heterocycles. The quantitative estimate of drug-likeness (QED) is 0.560. The van der Waals surface area contributed by atoms with Gasteiger partial charge in [-0.25, -0.2) is 0 Å². The lowest BCUT2D eigenvalue weighted by atomic mass is 9.80. The lowest BCUT2D eigenvalue weighted by Crippen LogP contribution is -2.46. The van der Waals surface area contributed by atoms with Crippen LogP contribution in [0.5, 0.6) is 0 Å². The summed E-state index contributed by atoms with van der Waals surface area (Å²) in [4.78, 5) is 22.4. The third kappa shape index (κ3) is 3.38. The molecule has 15 heavy (non-hydrogen) atoms. The summed E-state index contributed by atoms with van der Waals surface area (Å²) in [6.45, 7) is 3.75. The molecule has 0 bridgehead atoms. The van der Waals surface area contributed by atoms with Crippen LogP contribution in [0.4, 0.5) is 0 Å². The summed E-state index contributed by atoms with van der Waals surface area (Å²) in [6, 6.07) is 0.122. The van der Waals surface area contributed by atoms with Crippen molar-refractivity contribution in [2.75, 3.05) is 7.11 Å². The molecule has 4 heteroatoms. The van der Waals surface area contributed by atoms with E-state index in [2.05, 4.69) is 10.1 Å². The summed E-state index contributed by atoms with van der Waals surface area (Å²) in [6.07, 6.45) is 2.94. The molecule has 0 aromatic carbocycles. The summed E-state index contributed by atoms with van der Waals surface area (Å²) in [5, 5.41) is 2.83. The van der Waals surface area contributed by atoms with Crippen molar-refractivity contribution in [1.29, 1.82) is 0 Å². The maximum Gasteiger partial charge on any atom is 0.308 e. The van der Waals surface area contributed by atoms with Gasteiger partial charge in [0.1, 0.15) is 0 Å². The molecule has 0 aliphatic heterocycles. The lowest BCUT2D eigenvalue weighted by molar-refractivity contribution is -0.149. The minimum atomic E-state index is -0.178. The number of carbonyl (C=O) groups is 2. The van der Waals surface area contributed by atoms with Crippen molar-refractivity contribution in [3.63, 3.8) is 0 Å². The number of nitrogens with one attached hydrogen (secondary N) is 1. The number of allylic oxidation sites excluding steroid dienone is 1. The van der Waals surface area contributed by atoms with Gasteiger partial charge < -0.3 is 10.1 Å². The largest absolute Gasteiger partial charge is 0.469 e. The fraction of sp³-hybridized carbons (Fsp3) is 0.636. The first kappa shape index (κ1) is 11.8. The van der Waals surface area contributed by atoms with Gasteiger partial charge >= 0.3 is 5.97 Å². The van der Waals surface area contributed by atoms with E-state index in [4.69, 9.17) is 0 Å². The third-order valence-corrected chi connectivity index (χ3v) is 2.44. The van der Waals surface area contributed by atoms with Crippen molar-refractivity contribution >= 4 is 11.9 Å². The van der Waals surface area contributed by atoms with Crippen molar-refractivity contribution in [3.8, 4) is 0 Å². The van der Waals surface area contributed by atoms with Crippen LogP contribution in [0.2, 0.25) is 0 Å². The minimum absolute atomic E-state index is 0.0352. The molecule has 1 saturated carbocycles. The average molecular weight is 211 g/mol. The molecule has 1 aliphatic rings. The molecule has 1 fully saturated rings. The zero-order valence-electron chi connectivity index (χ0n) is 9.37. The summed E-state index contributed by atoms with van der Waals surface area (Å²) < 4.78 is 4.61. The maximum atomic E-state index is 11.3. The number of esters is 1. The lowest BCUT2D eigenvalue weighted by Gasteiger charge is -2.33. The van der Waals surface area contributed by atoms with Gasteiger partial charge in [-0.15, -0.1) is 0 Å². The van der Waals surface area contributed by atoms with Crippen molar-refractivity contribution in [2.24, 2.45) is 5.92 Å². The number of amides is 1. The van der Waals surface area contributed by atoms with Gasteiger partial charge in [0, 0.05) is 12.1 Å². The molecule has 4 nitrogen and oxygen atoms in total. The van der Waals surface area contributed by atoms with Gasteiger partial charge in [-0.2, -0.15) is 0 Å². The SMILES string of the molecule is COC(=O)C1CC(NC(=O)C=C(C)C)C1. The predicted molar refractivity (Wildman–Crippen MR) is 56.1 cm³/mol. The zero-order chi connectivity index (χ0) is 11.4. The Morgan fingerprint density at radius 3 is 2.40 bits per heavy atom. The molecule has 0 atom stereocenters. The highest BCUT2D eigenvalue weighted by Crippen LogP contribution is 2.28. The van der Waals surface area contributed by atoms with E-state index in [1.807, 2.05) is 13.8 Å². The molecular formula is C11H17NO3. The number of hydrogen-bond donors (Lipinski definition) is 1. The number of ether oxygens (including phenoxy) is 1. The van der Waals surface area contributed by atoms with E-state index in [-0.39, 0.29) is 23.8 Å². The molecule has 0 unspecified atom stereocenters. The van der Waals surface area contributed by atoms with Crippen LogP contribution in [-0.2, 0) is 14.3 Å². The summed E-state index contributed by atoms with van der Waals surface area (Å²) in [5.41, 5.74) is 0.969. The first-order valence-electron chi connectivity index (χ1n) is 5.06. The predicted octanol–water partition coefficient (Wildman–Crippen LogP) is 1.02. The van der Waals surface area contributed by atoms with Gasteiger partial charge in [0.25, 0.3) is 0 Å². The van der Waals surface area contributed by atoms with Crippen LogP contribution in [0, 0.1) is 5.92 Å². The van der Waals surface area contributed by atoms with Crippen LogP contribution in [0.3, 0.4) is 0 Å². The Morgan fingerprint density at radius 2 is 1.93 bits per heavy atom. The Morgan fingerprint density at radius 1 is 1.33 bits per heavy atom. The Labute approximate surface area is 89.7 Å². The van der Waals surface area contributed by atoms with Gasteiger partial charge in [0.05, 0.1) is 13.0 Å². The highest BCUT2D eigenvalue weighted by Gasteiger charge is 2.35. The Kier molecular flexibility index (Phi) is 3.88. The number of rotatable bonds is 3. The standard InChI is InChI=1S/C11H17NO3/c1-7(2)4-10(13)12-9-5-8(6-9)11(14)15-3/h4,8-9H,5-6H2,1-3H3,(H,12,13). The second kappa shape index (κ2) is 4.96. The molecule has 1 aliphatic carbocycles. The third-order valence-electron chi connectivity index (χ3n) is 2.44. The molecule has 0 heterocycles. The molecular weight excluding hydrogens is 194 g/mol. The van der Waals surface area contributed by atoms with Gasteiger partial charge in [0.15, 0.2) is 0 Å². The molecule has 84 valence electrons. The summed E-state index contributed by atoms with van der Waals surface area (Å²) >= 11 is 0. The molecule has 0 radical (unpaired) electrons. The fourth-order valence-corrected chi connectivity index (χ4v) is 1.60.